The molecule has 22 heavy (non-hydrogen) atoms. The zero-order chi connectivity index (χ0) is 16.2. The van der Waals surface area contributed by atoms with E-state index in [-0.39, 0.29) is 0 Å². The van der Waals surface area contributed by atoms with Crippen molar-refractivity contribution in [3.8, 4) is 5.75 Å². The quantitative estimate of drug-likeness (QED) is 0.342. The van der Waals surface area contributed by atoms with Crippen LogP contribution in [0.5, 0.6) is 5.75 Å². The molecule has 0 spiro atoms. The van der Waals surface area contributed by atoms with Crippen LogP contribution in [0.25, 0.3) is 0 Å². The van der Waals surface area contributed by atoms with Crippen LogP contribution in [-0.4, -0.2) is 13.2 Å². The van der Waals surface area contributed by atoms with Crippen molar-refractivity contribution < 1.29 is 9.47 Å². The van der Waals surface area contributed by atoms with Crippen LogP contribution in [0.1, 0.15) is 27.2 Å². The van der Waals surface area contributed by atoms with E-state index >= 15 is 0 Å². The number of hydrogen-bond acceptors (Lipinski definition) is 2. The van der Waals surface area contributed by atoms with Gasteiger partial charge in [-0.05, 0) is 44.1 Å². The van der Waals surface area contributed by atoms with Gasteiger partial charge in [-0.1, -0.05) is 49.9 Å². The highest BCUT2D eigenvalue weighted by Gasteiger charge is 2.05. The first-order valence-corrected chi connectivity index (χ1v) is 7.70. The van der Waals surface area contributed by atoms with Crippen LogP contribution in [0.2, 0.25) is 0 Å². The number of hydrogen-bond donors (Lipinski definition) is 0. The van der Waals surface area contributed by atoms with Crippen LogP contribution < -0.4 is 4.74 Å². The molecule has 0 fully saturated rings. The highest BCUT2D eigenvalue weighted by atomic mass is 16.5. The van der Waals surface area contributed by atoms with Gasteiger partial charge in [0.15, 0.2) is 0 Å². The summed E-state index contributed by atoms with van der Waals surface area (Å²) in [7, 11) is 0. The Kier molecular flexibility index (Phi) is 8.51. The van der Waals surface area contributed by atoms with Gasteiger partial charge in [-0.2, -0.15) is 0 Å². The fraction of sp³-hybridized carbons (Fsp3) is 0.300. The topological polar surface area (TPSA) is 18.5 Å². The van der Waals surface area contributed by atoms with E-state index in [1.807, 2.05) is 56.3 Å². The minimum Gasteiger partial charge on any atom is -0.490 e. The summed E-state index contributed by atoms with van der Waals surface area (Å²) in [5.41, 5.74) is 2.17. The highest BCUT2D eigenvalue weighted by molar-refractivity contribution is 5.43. The summed E-state index contributed by atoms with van der Waals surface area (Å²) in [5, 5.41) is 0. The van der Waals surface area contributed by atoms with Gasteiger partial charge in [-0.3, -0.25) is 0 Å². The summed E-state index contributed by atoms with van der Waals surface area (Å²) < 4.78 is 11.5. The predicted octanol–water partition coefficient (Wildman–Crippen LogP) is 5.45. The number of allylic oxidation sites excluding steroid dienone is 5. The molecule has 0 aromatic heterocycles. The third-order valence-electron chi connectivity index (χ3n) is 3.13. The molecule has 0 amide bonds. The van der Waals surface area contributed by atoms with E-state index in [9.17, 15) is 0 Å². The van der Waals surface area contributed by atoms with E-state index in [0.717, 1.165) is 29.1 Å². The van der Waals surface area contributed by atoms with Crippen LogP contribution in [0.4, 0.5) is 0 Å². The minimum absolute atomic E-state index is 0.502. The Morgan fingerprint density at radius 2 is 1.91 bits per heavy atom. The van der Waals surface area contributed by atoms with Crippen molar-refractivity contribution in [2.45, 2.75) is 27.2 Å². The number of ether oxygens (including phenoxy) is 2. The molecular weight excluding hydrogens is 272 g/mol. The Morgan fingerprint density at radius 3 is 2.50 bits per heavy atom. The van der Waals surface area contributed by atoms with Gasteiger partial charge in [0.25, 0.3) is 0 Å². The zero-order valence-corrected chi connectivity index (χ0v) is 13.8. The minimum atomic E-state index is 0.502. The van der Waals surface area contributed by atoms with Crippen LogP contribution in [-0.2, 0) is 4.74 Å². The lowest BCUT2D eigenvalue weighted by molar-refractivity contribution is 0.161. The first-order chi connectivity index (χ1) is 10.7. The summed E-state index contributed by atoms with van der Waals surface area (Å²) in [5.74, 6) is 1.72. The maximum atomic E-state index is 5.87. The van der Waals surface area contributed by atoms with Crippen LogP contribution in [0.3, 0.4) is 0 Å². The molecule has 1 rings (SSSR count). The van der Waals surface area contributed by atoms with Gasteiger partial charge in [0.1, 0.15) is 24.7 Å². The highest BCUT2D eigenvalue weighted by Crippen LogP contribution is 2.19. The summed E-state index contributed by atoms with van der Waals surface area (Å²) in [6.07, 6.45) is 9.02. The zero-order valence-electron chi connectivity index (χ0n) is 13.8. The van der Waals surface area contributed by atoms with Crippen molar-refractivity contribution >= 4 is 0 Å². The SMILES string of the molecule is C=C/C(C)=C(/C=C\CC)C(=C/C)\OCCOc1ccccc1. The molecule has 0 radical (unpaired) electrons. The van der Waals surface area contributed by atoms with E-state index in [1.165, 1.54) is 0 Å². The molecule has 0 bridgehead atoms. The van der Waals surface area contributed by atoms with Crippen molar-refractivity contribution in [3.05, 3.63) is 78.1 Å². The maximum absolute atomic E-state index is 5.87. The third kappa shape index (κ3) is 6.04. The predicted molar refractivity (Wildman–Crippen MR) is 94.0 cm³/mol. The molecule has 1 aromatic carbocycles. The summed E-state index contributed by atoms with van der Waals surface area (Å²) in [4.78, 5) is 0. The second-order valence-electron chi connectivity index (χ2n) is 4.77. The van der Waals surface area contributed by atoms with Crippen LogP contribution in [0.15, 0.2) is 78.1 Å². The second kappa shape index (κ2) is 10.5. The summed E-state index contributed by atoms with van der Waals surface area (Å²) in [6, 6.07) is 9.76. The average molecular weight is 298 g/mol. The molecule has 0 heterocycles. The fourth-order valence-corrected chi connectivity index (χ4v) is 1.90. The van der Waals surface area contributed by atoms with E-state index < -0.39 is 0 Å². The van der Waals surface area contributed by atoms with Gasteiger partial charge < -0.3 is 9.47 Å². The van der Waals surface area contributed by atoms with E-state index in [0.29, 0.717) is 13.2 Å². The first-order valence-electron chi connectivity index (χ1n) is 7.70. The normalized spacial score (nSPS) is 13.0. The van der Waals surface area contributed by atoms with Gasteiger partial charge in [0.2, 0.25) is 0 Å². The Balaban J connectivity index is 2.60. The Bertz CT molecular complexity index is 536. The van der Waals surface area contributed by atoms with Crippen LogP contribution >= 0.6 is 0 Å². The van der Waals surface area contributed by atoms with Gasteiger partial charge in [0, 0.05) is 5.57 Å². The molecule has 1 aromatic rings. The van der Waals surface area contributed by atoms with Crippen molar-refractivity contribution in [2.24, 2.45) is 0 Å². The second-order valence-corrected chi connectivity index (χ2v) is 4.77. The Hall–Kier alpha value is -2.22. The molecule has 0 saturated heterocycles. The maximum Gasteiger partial charge on any atom is 0.122 e. The number of benzene rings is 1. The van der Waals surface area contributed by atoms with Crippen molar-refractivity contribution in [1.29, 1.82) is 0 Å². The van der Waals surface area contributed by atoms with Crippen molar-refractivity contribution in [3.63, 3.8) is 0 Å². The lowest BCUT2D eigenvalue weighted by Crippen LogP contribution is -2.07. The molecule has 0 saturated carbocycles. The Labute approximate surface area is 134 Å². The molecule has 2 heteroatoms. The van der Waals surface area contributed by atoms with Crippen LogP contribution in [0, 0.1) is 0 Å². The van der Waals surface area contributed by atoms with E-state index in [2.05, 4.69) is 25.7 Å². The monoisotopic (exact) mass is 298 g/mol. The van der Waals surface area contributed by atoms with Gasteiger partial charge >= 0.3 is 0 Å². The third-order valence-corrected chi connectivity index (χ3v) is 3.13. The molecule has 2 nitrogen and oxygen atoms in total. The summed E-state index contributed by atoms with van der Waals surface area (Å²) in [6.45, 7) is 11.0. The Morgan fingerprint density at radius 1 is 1.18 bits per heavy atom. The molecule has 0 aliphatic heterocycles. The fourth-order valence-electron chi connectivity index (χ4n) is 1.90. The van der Waals surface area contributed by atoms with Gasteiger partial charge in [-0.25, -0.2) is 0 Å². The molecular formula is C20H26O2. The number of para-hydroxylation sites is 1. The van der Waals surface area contributed by atoms with Gasteiger partial charge in [-0.15, -0.1) is 0 Å². The molecule has 118 valence electrons. The first kappa shape index (κ1) is 17.8. The smallest absolute Gasteiger partial charge is 0.122 e. The molecule has 0 unspecified atom stereocenters. The lowest BCUT2D eigenvalue weighted by Gasteiger charge is -2.14. The summed E-state index contributed by atoms with van der Waals surface area (Å²) >= 11 is 0. The molecule has 0 N–H and O–H groups in total. The van der Waals surface area contributed by atoms with E-state index in [4.69, 9.17) is 9.47 Å². The van der Waals surface area contributed by atoms with Gasteiger partial charge in [0.05, 0.1) is 0 Å². The molecule has 0 aliphatic rings. The molecule has 0 aliphatic carbocycles. The standard InChI is InChI=1S/C20H26O2/c1-5-8-14-19(17(4)6-2)20(7-3)22-16-15-21-18-12-10-9-11-13-18/h6-14H,2,5,15-16H2,1,3-4H3/b14-8-,19-17-,20-7+. The van der Waals surface area contributed by atoms with Crippen molar-refractivity contribution in [1.82, 2.24) is 0 Å². The number of rotatable bonds is 9. The van der Waals surface area contributed by atoms with E-state index in [1.54, 1.807) is 0 Å². The van der Waals surface area contributed by atoms with Crippen molar-refractivity contribution in [2.75, 3.05) is 13.2 Å². The largest absolute Gasteiger partial charge is 0.490 e. The average Bonchev–Trinajstić information content (AvgIpc) is 2.57. The molecule has 0 atom stereocenters. The lowest BCUT2D eigenvalue weighted by atomic mass is 10.1.